The molecule has 0 aliphatic rings. The van der Waals surface area contributed by atoms with Crippen molar-refractivity contribution in [3.63, 3.8) is 0 Å². The molecule has 29 heavy (non-hydrogen) atoms. The lowest BCUT2D eigenvalue weighted by atomic mass is 10.3. The molecule has 0 aromatic heterocycles. The number of benzene rings is 2. The van der Waals surface area contributed by atoms with Gasteiger partial charge in [-0.05, 0) is 36.4 Å². The van der Waals surface area contributed by atoms with E-state index < -0.39 is 32.5 Å². The smallest absolute Gasteiger partial charge is 0.243 e. The Morgan fingerprint density at radius 1 is 0.966 bits per heavy atom. The Kier molecular flexibility index (Phi) is 6.85. The molecule has 0 fully saturated rings. The number of primary sulfonamides is 1. The lowest BCUT2D eigenvalue weighted by Gasteiger charge is -2.18. The third-order valence-electron chi connectivity index (χ3n) is 3.90. The molecule has 2 rings (SSSR count). The minimum atomic E-state index is -3.97. The summed E-state index contributed by atoms with van der Waals surface area (Å²) in [7, 11) is -3.75. The summed E-state index contributed by atoms with van der Waals surface area (Å²) in [4.78, 5) is 12.0. The van der Waals surface area contributed by atoms with E-state index in [1.807, 2.05) is 0 Å². The van der Waals surface area contributed by atoms with Crippen LogP contribution in [-0.4, -0.2) is 54.9 Å². The molecule has 12 heteroatoms. The van der Waals surface area contributed by atoms with E-state index in [4.69, 9.17) is 14.6 Å². The van der Waals surface area contributed by atoms with E-state index in [0.29, 0.717) is 11.4 Å². The Hall–Kier alpha value is -2.67. The summed E-state index contributed by atoms with van der Waals surface area (Å²) < 4.78 is 59.0. The number of ether oxygens (including phenoxy) is 2. The van der Waals surface area contributed by atoms with Crippen LogP contribution in [-0.2, 0) is 24.8 Å². The second-order valence-corrected chi connectivity index (χ2v) is 9.50. The van der Waals surface area contributed by atoms with Gasteiger partial charge in [-0.15, -0.1) is 0 Å². The first kappa shape index (κ1) is 22.6. The van der Waals surface area contributed by atoms with Gasteiger partial charge in [0.25, 0.3) is 0 Å². The van der Waals surface area contributed by atoms with Gasteiger partial charge in [-0.25, -0.2) is 22.0 Å². The summed E-state index contributed by atoms with van der Waals surface area (Å²) in [5.74, 6) is -0.00364. The minimum Gasteiger partial charge on any atom is -0.493 e. The highest BCUT2D eigenvalue weighted by atomic mass is 32.2. The summed E-state index contributed by atoms with van der Waals surface area (Å²) >= 11 is 0. The number of methoxy groups -OCH3 is 2. The number of likely N-dealkylation sites (N-methyl/N-ethyl adjacent to an activating group) is 1. The number of hydrogen-bond donors (Lipinski definition) is 2. The van der Waals surface area contributed by atoms with Gasteiger partial charge in [0, 0.05) is 18.8 Å². The van der Waals surface area contributed by atoms with Gasteiger partial charge < -0.3 is 14.8 Å². The van der Waals surface area contributed by atoms with Crippen LogP contribution in [0.25, 0.3) is 0 Å². The molecular formula is C17H21N3O7S2. The molecule has 0 heterocycles. The zero-order valence-electron chi connectivity index (χ0n) is 15.9. The van der Waals surface area contributed by atoms with Crippen LogP contribution in [0.5, 0.6) is 11.5 Å². The van der Waals surface area contributed by atoms with Gasteiger partial charge in [-0.1, -0.05) is 0 Å². The third kappa shape index (κ3) is 5.44. The largest absolute Gasteiger partial charge is 0.493 e. The molecule has 0 unspecified atom stereocenters. The van der Waals surface area contributed by atoms with Crippen molar-refractivity contribution in [2.45, 2.75) is 9.79 Å². The third-order valence-corrected chi connectivity index (χ3v) is 6.62. The van der Waals surface area contributed by atoms with Crippen LogP contribution >= 0.6 is 0 Å². The lowest BCUT2D eigenvalue weighted by molar-refractivity contribution is -0.116. The van der Waals surface area contributed by atoms with Crippen molar-refractivity contribution < 1.29 is 31.1 Å². The highest BCUT2D eigenvalue weighted by Crippen LogP contribution is 2.30. The van der Waals surface area contributed by atoms with E-state index in [9.17, 15) is 21.6 Å². The molecule has 0 atom stereocenters. The summed E-state index contributed by atoms with van der Waals surface area (Å²) in [5, 5.41) is 7.50. The van der Waals surface area contributed by atoms with Crippen molar-refractivity contribution >= 4 is 31.6 Å². The number of anilines is 1. The SMILES string of the molecule is COc1ccc(S(=O)(=O)N(C)CC(=O)Nc2ccc(S(N)(=O)=O)cc2)cc1OC. The number of nitrogens with two attached hydrogens (primary N) is 1. The van der Waals surface area contributed by atoms with E-state index >= 15 is 0 Å². The van der Waals surface area contributed by atoms with E-state index in [2.05, 4.69) is 5.32 Å². The Bertz CT molecular complexity index is 1100. The molecule has 0 aliphatic carbocycles. The number of sulfonamides is 2. The van der Waals surface area contributed by atoms with Gasteiger partial charge in [-0.2, -0.15) is 4.31 Å². The molecular weight excluding hydrogens is 422 g/mol. The fourth-order valence-electron chi connectivity index (χ4n) is 2.37. The molecule has 3 N–H and O–H groups in total. The van der Waals surface area contributed by atoms with Crippen molar-refractivity contribution in [1.82, 2.24) is 4.31 Å². The van der Waals surface area contributed by atoms with Crippen molar-refractivity contribution in [3.8, 4) is 11.5 Å². The first-order valence-corrected chi connectivity index (χ1v) is 11.1. The molecule has 2 aromatic carbocycles. The number of carbonyl (C=O) groups is 1. The quantitative estimate of drug-likeness (QED) is 0.608. The lowest BCUT2D eigenvalue weighted by Crippen LogP contribution is -2.35. The fraction of sp³-hybridized carbons (Fsp3) is 0.235. The molecule has 0 saturated carbocycles. The average Bonchev–Trinajstić information content (AvgIpc) is 2.66. The molecule has 2 aromatic rings. The topological polar surface area (TPSA) is 145 Å². The molecule has 1 amide bonds. The highest BCUT2D eigenvalue weighted by Gasteiger charge is 2.24. The molecule has 0 bridgehead atoms. The van der Waals surface area contributed by atoms with E-state index in [0.717, 1.165) is 4.31 Å². The molecule has 158 valence electrons. The second kappa shape index (κ2) is 8.78. The Morgan fingerprint density at radius 3 is 2.03 bits per heavy atom. The van der Waals surface area contributed by atoms with Crippen LogP contribution in [0.2, 0.25) is 0 Å². The summed E-state index contributed by atoms with van der Waals surface area (Å²) in [6.07, 6.45) is 0. The Balaban J connectivity index is 2.12. The molecule has 10 nitrogen and oxygen atoms in total. The van der Waals surface area contributed by atoms with Crippen molar-refractivity contribution in [2.75, 3.05) is 33.1 Å². The van der Waals surface area contributed by atoms with E-state index in [-0.39, 0.29) is 15.5 Å². The van der Waals surface area contributed by atoms with Crippen molar-refractivity contribution in [1.29, 1.82) is 0 Å². The summed E-state index contributed by atoms with van der Waals surface area (Å²) in [6.45, 7) is -0.465. The van der Waals surface area contributed by atoms with E-state index in [1.54, 1.807) is 0 Å². The zero-order chi connectivity index (χ0) is 21.8. The van der Waals surface area contributed by atoms with Gasteiger partial charge >= 0.3 is 0 Å². The first-order valence-electron chi connectivity index (χ1n) is 8.10. The van der Waals surface area contributed by atoms with Crippen molar-refractivity contribution in [2.24, 2.45) is 5.14 Å². The van der Waals surface area contributed by atoms with Crippen LogP contribution in [0.1, 0.15) is 0 Å². The van der Waals surface area contributed by atoms with Gasteiger partial charge in [0.15, 0.2) is 11.5 Å². The summed E-state index contributed by atoms with van der Waals surface area (Å²) in [5.41, 5.74) is 0.291. The van der Waals surface area contributed by atoms with Crippen LogP contribution in [0.4, 0.5) is 5.69 Å². The normalized spacial score (nSPS) is 11.9. The van der Waals surface area contributed by atoms with Gasteiger partial charge in [0.2, 0.25) is 26.0 Å². The van der Waals surface area contributed by atoms with Crippen molar-refractivity contribution in [3.05, 3.63) is 42.5 Å². The number of amides is 1. The maximum absolute atomic E-state index is 12.7. The van der Waals surface area contributed by atoms with Crippen LogP contribution in [0.15, 0.2) is 52.3 Å². The van der Waals surface area contributed by atoms with Crippen LogP contribution in [0, 0.1) is 0 Å². The molecule has 0 saturated heterocycles. The van der Waals surface area contributed by atoms with Crippen LogP contribution in [0.3, 0.4) is 0 Å². The summed E-state index contributed by atoms with van der Waals surface area (Å²) in [6, 6.07) is 9.25. The average molecular weight is 444 g/mol. The second-order valence-electron chi connectivity index (χ2n) is 5.90. The Morgan fingerprint density at radius 2 is 1.52 bits per heavy atom. The molecule has 0 aliphatic heterocycles. The predicted octanol–water partition coefficient (Wildman–Crippen LogP) is 0.610. The highest BCUT2D eigenvalue weighted by molar-refractivity contribution is 7.89. The number of hydrogen-bond acceptors (Lipinski definition) is 7. The Labute approximate surface area is 169 Å². The predicted molar refractivity (Wildman–Crippen MR) is 106 cm³/mol. The number of carbonyl (C=O) groups excluding carboxylic acids is 1. The number of nitrogens with one attached hydrogen (secondary N) is 1. The fourth-order valence-corrected chi connectivity index (χ4v) is 4.03. The standard InChI is InChI=1S/C17H21N3O7S2/c1-20(29(24,25)14-8-9-15(26-2)16(10-14)27-3)11-17(21)19-12-4-6-13(7-5-12)28(18,22)23/h4-10H,11H2,1-3H3,(H,19,21)(H2,18,22,23). The van der Waals surface area contributed by atoms with Gasteiger partial charge in [0.05, 0.1) is 30.6 Å². The first-order chi connectivity index (χ1) is 13.5. The van der Waals surface area contributed by atoms with Gasteiger partial charge in [-0.3, -0.25) is 4.79 Å². The monoisotopic (exact) mass is 443 g/mol. The maximum atomic E-state index is 12.7. The minimum absolute atomic E-state index is 0.0667. The maximum Gasteiger partial charge on any atom is 0.243 e. The van der Waals surface area contributed by atoms with E-state index in [1.165, 1.54) is 63.7 Å². The zero-order valence-corrected chi connectivity index (χ0v) is 17.6. The number of rotatable bonds is 8. The number of nitrogens with zero attached hydrogens (tertiary/aromatic N) is 1. The molecule has 0 spiro atoms. The molecule has 0 radical (unpaired) electrons. The van der Waals surface area contributed by atoms with Crippen LogP contribution < -0.4 is 19.9 Å². The van der Waals surface area contributed by atoms with Gasteiger partial charge in [0.1, 0.15) is 0 Å².